The van der Waals surface area contributed by atoms with Crippen LogP contribution in [0.1, 0.15) is 87.4 Å². The zero-order valence-electron chi connectivity index (χ0n) is 26.3. The van der Waals surface area contributed by atoms with E-state index in [4.69, 9.17) is 5.73 Å². The van der Waals surface area contributed by atoms with Crippen LogP contribution in [0.4, 0.5) is 15.0 Å². The molecule has 2 unspecified atom stereocenters. The molecule has 0 aromatic carbocycles. The third-order valence-electron chi connectivity index (χ3n) is 10.9. The summed E-state index contributed by atoms with van der Waals surface area (Å²) in [5.41, 5.74) is 6.50. The van der Waals surface area contributed by atoms with E-state index in [0.29, 0.717) is 5.92 Å². The van der Waals surface area contributed by atoms with Crippen molar-refractivity contribution in [3.63, 3.8) is 0 Å². The number of likely N-dealkylation sites (N-methyl/N-ethyl adjacent to an activating group) is 1. The van der Waals surface area contributed by atoms with Gasteiger partial charge in [-0.3, -0.25) is 4.79 Å². The van der Waals surface area contributed by atoms with E-state index in [2.05, 4.69) is 32.7 Å². The first kappa shape index (κ1) is 31.0. The lowest BCUT2D eigenvalue weighted by Crippen LogP contribution is -2.68. The molecule has 0 radical (unpaired) electrons. The number of nitrogens with two attached hydrogens (primary N) is 1. The second-order valence-corrected chi connectivity index (χ2v) is 13.7. The van der Waals surface area contributed by atoms with E-state index in [-0.39, 0.29) is 46.5 Å². The summed E-state index contributed by atoms with van der Waals surface area (Å²) in [7, 11) is 2.11. The van der Waals surface area contributed by atoms with Crippen LogP contribution in [0, 0.1) is 17.7 Å². The molecule has 2 aromatic rings. The Bertz CT molecular complexity index is 1290. The highest BCUT2D eigenvalue weighted by molar-refractivity contribution is 6.04. The van der Waals surface area contributed by atoms with Crippen LogP contribution in [0.15, 0.2) is 12.4 Å². The highest BCUT2D eigenvalue weighted by Crippen LogP contribution is 2.41. The number of hydrogen-bond donors (Lipinski definition) is 3. The number of fused-ring (bicyclic) bond motifs is 1. The van der Waals surface area contributed by atoms with Crippen molar-refractivity contribution in [2.24, 2.45) is 11.8 Å². The molecule has 2 aromatic heterocycles. The van der Waals surface area contributed by atoms with Gasteiger partial charge in [0.1, 0.15) is 5.56 Å². The van der Waals surface area contributed by atoms with Gasteiger partial charge in [-0.15, -0.1) is 5.10 Å². The smallest absolute Gasteiger partial charge is 0.320 e. The number of hydrogen-bond acceptors (Lipinski definition) is 7. The maximum atomic E-state index is 14.1. The SMILES string of the molecule is CN1CCN(C(=O)N2CCC(C3CCNC4(CCCCCCCCC4)C3NC(=O)c3c(N)nn4cc(F)cnc34)CC2)CC1. The van der Waals surface area contributed by atoms with E-state index in [9.17, 15) is 14.0 Å². The first-order chi connectivity index (χ1) is 21.3. The second kappa shape index (κ2) is 13.6. The molecule has 4 aliphatic rings. The molecule has 4 N–H and O–H groups in total. The molecule has 1 aliphatic carbocycles. The third-order valence-corrected chi connectivity index (χ3v) is 10.9. The summed E-state index contributed by atoms with van der Waals surface area (Å²) in [6, 6.07) is 0.0749. The van der Waals surface area contributed by atoms with Crippen LogP contribution < -0.4 is 16.4 Å². The summed E-state index contributed by atoms with van der Waals surface area (Å²) in [6.45, 7) is 5.85. The standard InChI is InChI=1S/C32H50FN9O2/c1-39-17-19-41(20-18-39)31(44)40-15-10-23(11-16-40)25-9-14-36-32(12-7-5-3-2-4-6-8-13-32)27(25)37-30(43)26-28(34)38-42-22-24(33)21-35-29(26)42/h21-23,25,27,36H,2-20H2,1H3,(H2,34,38)(H,37,43). The Kier molecular flexibility index (Phi) is 9.56. The molecule has 4 fully saturated rings. The molecular weight excluding hydrogens is 561 g/mol. The lowest BCUT2D eigenvalue weighted by atomic mass is 9.65. The van der Waals surface area contributed by atoms with Gasteiger partial charge in [-0.25, -0.2) is 18.7 Å². The number of aromatic nitrogens is 3. The number of nitrogens with one attached hydrogen (secondary N) is 2. The van der Waals surface area contributed by atoms with Crippen LogP contribution in [0.5, 0.6) is 0 Å². The maximum Gasteiger partial charge on any atom is 0.320 e. The highest BCUT2D eigenvalue weighted by Gasteiger charge is 2.48. The van der Waals surface area contributed by atoms with Gasteiger partial charge in [-0.05, 0) is 57.5 Å². The van der Waals surface area contributed by atoms with E-state index in [0.717, 1.165) is 97.0 Å². The van der Waals surface area contributed by atoms with Crippen LogP contribution in [0.2, 0.25) is 0 Å². The minimum Gasteiger partial charge on any atom is -0.381 e. The first-order valence-corrected chi connectivity index (χ1v) is 16.9. The number of carbonyl (C=O) groups is 2. The largest absolute Gasteiger partial charge is 0.381 e. The van der Waals surface area contributed by atoms with Gasteiger partial charge in [-0.2, -0.15) is 0 Å². The summed E-state index contributed by atoms with van der Waals surface area (Å²) in [5, 5.41) is 11.6. The summed E-state index contributed by atoms with van der Waals surface area (Å²) in [4.78, 5) is 37.9. The van der Waals surface area contributed by atoms with Gasteiger partial charge < -0.3 is 31.1 Å². The van der Waals surface area contributed by atoms with E-state index in [1.807, 2.05) is 9.80 Å². The number of halogens is 1. The van der Waals surface area contributed by atoms with E-state index >= 15 is 0 Å². The Balaban J connectivity index is 1.24. The number of urea groups is 1. The van der Waals surface area contributed by atoms with Crippen molar-refractivity contribution in [3.8, 4) is 0 Å². The van der Waals surface area contributed by atoms with Gasteiger partial charge in [0.05, 0.1) is 18.4 Å². The Morgan fingerprint density at radius 1 is 0.955 bits per heavy atom. The fourth-order valence-electron chi connectivity index (χ4n) is 8.38. The number of piperazine rings is 1. The third kappa shape index (κ3) is 6.51. The zero-order chi connectivity index (χ0) is 30.7. The van der Waals surface area contributed by atoms with Gasteiger partial charge in [-0.1, -0.05) is 44.9 Å². The average molecular weight is 612 g/mol. The molecular formula is C32H50FN9O2. The van der Waals surface area contributed by atoms with Gasteiger partial charge in [0.15, 0.2) is 17.3 Å². The van der Waals surface area contributed by atoms with Gasteiger partial charge in [0, 0.05) is 44.8 Å². The fourth-order valence-corrected chi connectivity index (χ4v) is 8.38. The molecule has 3 aliphatic heterocycles. The molecule has 1 spiro atoms. The Morgan fingerprint density at radius 2 is 1.59 bits per heavy atom. The molecule has 2 atom stereocenters. The molecule has 11 nitrogen and oxygen atoms in total. The maximum absolute atomic E-state index is 14.1. The number of amides is 3. The minimum atomic E-state index is -0.540. The predicted octanol–water partition coefficient (Wildman–Crippen LogP) is 3.50. The summed E-state index contributed by atoms with van der Waals surface area (Å²) in [6.07, 6.45) is 15.7. The molecule has 44 heavy (non-hydrogen) atoms. The van der Waals surface area contributed by atoms with Crippen LogP contribution in [0.3, 0.4) is 0 Å². The van der Waals surface area contributed by atoms with Crippen molar-refractivity contribution < 1.29 is 14.0 Å². The van der Waals surface area contributed by atoms with Crippen LogP contribution >= 0.6 is 0 Å². The molecule has 12 heteroatoms. The number of nitrogen functional groups attached to an aromatic ring is 1. The van der Waals surface area contributed by atoms with Crippen molar-refractivity contribution in [3.05, 3.63) is 23.8 Å². The van der Waals surface area contributed by atoms with Crippen LogP contribution in [-0.2, 0) is 0 Å². The summed E-state index contributed by atoms with van der Waals surface area (Å²) in [5.74, 6) is -0.107. The fraction of sp³-hybridized carbons (Fsp3) is 0.750. The normalized spacial score (nSPS) is 26.1. The van der Waals surface area contributed by atoms with E-state index in [1.54, 1.807) is 0 Å². The Labute approximate surface area is 260 Å². The Hall–Kier alpha value is -2.99. The van der Waals surface area contributed by atoms with Crippen LogP contribution in [-0.4, -0.2) is 106 Å². The zero-order valence-corrected chi connectivity index (χ0v) is 26.3. The average Bonchev–Trinajstić information content (AvgIpc) is 3.36. The number of rotatable bonds is 3. The highest BCUT2D eigenvalue weighted by atomic mass is 19.1. The lowest BCUT2D eigenvalue weighted by molar-refractivity contribution is 0.0396. The second-order valence-electron chi connectivity index (χ2n) is 13.7. The molecule has 3 saturated heterocycles. The molecule has 1 saturated carbocycles. The molecule has 6 rings (SSSR count). The first-order valence-electron chi connectivity index (χ1n) is 16.9. The topological polar surface area (TPSA) is 124 Å². The molecule has 0 bridgehead atoms. The van der Waals surface area contributed by atoms with Gasteiger partial charge in [0.2, 0.25) is 0 Å². The molecule has 3 amide bonds. The summed E-state index contributed by atoms with van der Waals surface area (Å²) >= 11 is 0. The van der Waals surface area contributed by atoms with E-state index < -0.39 is 5.82 Å². The number of nitrogens with zero attached hydrogens (tertiary/aromatic N) is 6. The molecule has 242 valence electrons. The van der Waals surface area contributed by atoms with Crippen molar-refractivity contribution in [2.75, 3.05) is 58.6 Å². The number of carbonyl (C=O) groups excluding carboxylic acids is 2. The quantitative estimate of drug-likeness (QED) is 0.485. The van der Waals surface area contributed by atoms with E-state index in [1.165, 1.54) is 42.8 Å². The monoisotopic (exact) mass is 611 g/mol. The lowest BCUT2D eigenvalue weighted by Gasteiger charge is -2.53. The number of likely N-dealkylation sites (tertiary alicyclic amines) is 1. The van der Waals surface area contributed by atoms with Gasteiger partial charge in [0.25, 0.3) is 5.91 Å². The van der Waals surface area contributed by atoms with Crippen LogP contribution in [0.25, 0.3) is 5.65 Å². The van der Waals surface area contributed by atoms with Crippen molar-refractivity contribution in [1.29, 1.82) is 0 Å². The van der Waals surface area contributed by atoms with Gasteiger partial charge >= 0.3 is 6.03 Å². The number of anilines is 1. The van der Waals surface area contributed by atoms with Crippen molar-refractivity contribution >= 4 is 23.4 Å². The predicted molar refractivity (Wildman–Crippen MR) is 168 cm³/mol. The summed E-state index contributed by atoms with van der Waals surface area (Å²) < 4.78 is 15.1. The Morgan fingerprint density at radius 3 is 2.27 bits per heavy atom. The molecule has 5 heterocycles. The van der Waals surface area contributed by atoms with Crippen molar-refractivity contribution in [1.82, 2.24) is 39.9 Å². The number of piperidine rings is 2. The minimum absolute atomic E-state index is 0.0525. The van der Waals surface area contributed by atoms with Crippen molar-refractivity contribution in [2.45, 2.75) is 88.6 Å².